The van der Waals surface area contributed by atoms with Crippen LogP contribution < -0.4 is 5.32 Å². The number of hydrogen-bond acceptors (Lipinski definition) is 7. The van der Waals surface area contributed by atoms with Gasteiger partial charge >= 0.3 is 0 Å². The van der Waals surface area contributed by atoms with Crippen molar-refractivity contribution in [2.75, 3.05) is 18.4 Å². The molecule has 1 aliphatic heterocycles. The van der Waals surface area contributed by atoms with Crippen molar-refractivity contribution in [2.45, 2.75) is 39.0 Å². The summed E-state index contributed by atoms with van der Waals surface area (Å²) in [6.07, 6.45) is 2.91. The van der Waals surface area contributed by atoms with E-state index in [9.17, 15) is 9.59 Å². The van der Waals surface area contributed by atoms with Gasteiger partial charge in [0.2, 0.25) is 23.5 Å². The summed E-state index contributed by atoms with van der Waals surface area (Å²) in [5, 5.41) is 10.1. The van der Waals surface area contributed by atoms with Gasteiger partial charge in [-0.1, -0.05) is 16.8 Å². The fourth-order valence-corrected chi connectivity index (χ4v) is 4.45. The summed E-state index contributed by atoms with van der Waals surface area (Å²) in [7, 11) is 0. The highest BCUT2D eigenvalue weighted by Crippen LogP contribution is 2.22. The highest BCUT2D eigenvalue weighted by Gasteiger charge is 2.27. The number of aryl methyl sites for hydroxylation is 2. The molecule has 0 saturated carbocycles. The smallest absolute Gasteiger partial charge is 0.229 e. The number of likely N-dealkylation sites (tertiary alicyclic amines) is 1. The van der Waals surface area contributed by atoms with Gasteiger partial charge in [0, 0.05) is 47.8 Å². The van der Waals surface area contributed by atoms with Crippen LogP contribution in [0.4, 0.5) is 5.13 Å². The van der Waals surface area contributed by atoms with Gasteiger partial charge in [0.25, 0.3) is 0 Å². The number of rotatable bonds is 7. The first-order chi connectivity index (χ1) is 15.5. The largest absolute Gasteiger partial charge is 0.343 e. The number of carbonyl (C=O) groups is 2. The number of thiazole rings is 1. The van der Waals surface area contributed by atoms with E-state index in [0.29, 0.717) is 67.1 Å². The van der Waals surface area contributed by atoms with E-state index in [1.165, 1.54) is 11.3 Å². The van der Waals surface area contributed by atoms with Crippen LogP contribution in [0, 0.1) is 12.8 Å². The molecule has 0 unspecified atom stereocenters. The highest BCUT2D eigenvalue weighted by atomic mass is 35.5. The van der Waals surface area contributed by atoms with E-state index in [1.807, 2.05) is 29.3 Å². The maximum absolute atomic E-state index is 12.6. The Morgan fingerprint density at radius 3 is 2.66 bits per heavy atom. The Morgan fingerprint density at radius 2 is 1.97 bits per heavy atom. The van der Waals surface area contributed by atoms with E-state index < -0.39 is 0 Å². The minimum Gasteiger partial charge on any atom is -0.343 e. The molecule has 0 bridgehead atoms. The zero-order valence-corrected chi connectivity index (χ0v) is 19.3. The summed E-state index contributed by atoms with van der Waals surface area (Å²) < 4.78 is 5.30. The SMILES string of the molecule is Cc1csc(NC(=O)C2CCN(C(=O)CCCc3nc(-c4ccc(Cl)cc4)no3)CC2)n1. The molecule has 1 aromatic carbocycles. The van der Waals surface area contributed by atoms with Crippen molar-refractivity contribution >= 4 is 39.9 Å². The van der Waals surface area contributed by atoms with Gasteiger partial charge in [0.15, 0.2) is 5.13 Å². The zero-order chi connectivity index (χ0) is 22.5. The highest BCUT2D eigenvalue weighted by molar-refractivity contribution is 7.13. The van der Waals surface area contributed by atoms with Crippen LogP contribution in [0.25, 0.3) is 11.4 Å². The summed E-state index contributed by atoms with van der Waals surface area (Å²) >= 11 is 7.33. The van der Waals surface area contributed by atoms with Crippen molar-refractivity contribution in [3.63, 3.8) is 0 Å². The van der Waals surface area contributed by atoms with Gasteiger partial charge in [-0.25, -0.2) is 4.98 Å². The molecule has 0 spiro atoms. The lowest BCUT2D eigenvalue weighted by atomic mass is 9.95. The minimum absolute atomic E-state index is 0.0145. The van der Waals surface area contributed by atoms with E-state index in [0.717, 1.165) is 11.3 Å². The summed E-state index contributed by atoms with van der Waals surface area (Å²) in [4.78, 5) is 35.5. The molecule has 0 atom stereocenters. The lowest BCUT2D eigenvalue weighted by molar-refractivity contribution is -0.134. The van der Waals surface area contributed by atoms with Crippen LogP contribution in [0.15, 0.2) is 34.2 Å². The van der Waals surface area contributed by atoms with Gasteiger partial charge in [0.1, 0.15) is 0 Å². The summed E-state index contributed by atoms with van der Waals surface area (Å²) in [6, 6.07) is 7.22. The normalized spacial score (nSPS) is 14.5. The molecule has 8 nitrogen and oxygen atoms in total. The topological polar surface area (TPSA) is 101 Å². The molecule has 2 aromatic heterocycles. The molecule has 1 fully saturated rings. The number of amides is 2. The predicted octanol–water partition coefficient (Wildman–Crippen LogP) is 4.35. The fraction of sp³-hybridized carbons (Fsp3) is 0.409. The molecule has 3 heterocycles. The molecule has 168 valence electrons. The molecular formula is C22H24ClN5O3S. The number of benzene rings is 1. The van der Waals surface area contributed by atoms with Crippen LogP contribution in [0.1, 0.15) is 37.3 Å². The molecule has 2 amide bonds. The average molecular weight is 474 g/mol. The molecule has 0 aliphatic carbocycles. The molecule has 10 heteroatoms. The minimum atomic E-state index is -0.0899. The van der Waals surface area contributed by atoms with Gasteiger partial charge in [0.05, 0.1) is 5.69 Å². The number of halogens is 1. The molecule has 32 heavy (non-hydrogen) atoms. The zero-order valence-electron chi connectivity index (χ0n) is 17.7. The second-order valence-electron chi connectivity index (χ2n) is 7.81. The third-order valence-electron chi connectivity index (χ3n) is 5.42. The van der Waals surface area contributed by atoms with Gasteiger partial charge in [-0.3, -0.25) is 9.59 Å². The monoisotopic (exact) mass is 473 g/mol. The first-order valence-corrected chi connectivity index (χ1v) is 11.8. The summed E-state index contributed by atoms with van der Waals surface area (Å²) in [5.74, 6) is 1.01. The van der Waals surface area contributed by atoms with E-state index in [-0.39, 0.29) is 17.7 Å². The van der Waals surface area contributed by atoms with Crippen LogP contribution >= 0.6 is 22.9 Å². The number of aromatic nitrogens is 3. The third-order valence-corrected chi connectivity index (χ3v) is 6.55. The number of piperidine rings is 1. The Kier molecular flexibility index (Phi) is 7.16. The van der Waals surface area contributed by atoms with Crippen molar-refractivity contribution in [3.05, 3.63) is 46.3 Å². The van der Waals surface area contributed by atoms with Crippen LogP contribution in [0.2, 0.25) is 5.02 Å². The molecular weight excluding hydrogens is 450 g/mol. The average Bonchev–Trinajstić information content (AvgIpc) is 3.43. The van der Waals surface area contributed by atoms with E-state index in [1.54, 1.807) is 12.1 Å². The Bertz CT molecular complexity index is 1070. The summed E-state index contributed by atoms with van der Waals surface area (Å²) in [5.41, 5.74) is 1.73. The van der Waals surface area contributed by atoms with Crippen LogP contribution in [-0.4, -0.2) is 44.9 Å². The lowest BCUT2D eigenvalue weighted by Gasteiger charge is -2.31. The Labute approximate surface area is 195 Å². The maximum atomic E-state index is 12.6. The second kappa shape index (κ2) is 10.2. The molecule has 1 saturated heterocycles. The number of hydrogen-bond donors (Lipinski definition) is 1. The molecule has 4 rings (SSSR count). The van der Waals surface area contributed by atoms with Crippen molar-refractivity contribution in [1.82, 2.24) is 20.0 Å². The first-order valence-electron chi connectivity index (χ1n) is 10.6. The molecule has 1 aliphatic rings. The molecule has 0 radical (unpaired) electrons. The Hall–Kier alpha value is -2.78. The second-order valence-corrected chi connectivity index (χ2v) is 9.11. The fourth-order valence-electron chi connectivity index (χ4n) is 3.63. The standard InChI is InChI=1S/C22H24ClN5O3S/c1-14-13-32-22(24-14)26-21(30)16-9-11-28(12-10-16)19(29)4-2-3-18-25-20(27-31-18)15-5-7-17(23)8-6-15/h5-8,13,16H,2-4,9-12H2,1H3,(H,24,26,30). The van der Waals surface area contributed by atoms with E-state index >= 15 is 0 Å². The van der Waals surface area contributed by atoms with Gasteiger partial charge in [-0.2, -0.15) is 4.98 Å². The first kappa shape index (κ1) is 22.4. The van der Waals surface area contributed by atoms with E-state index in [4.69, 9.17) is 16.1 Å². The quantitative estimate of drug-likeness (QED) is 0.547. The predicted molar refractivity (Wildman–Crippen MR) is 122 cm³/mol. The van der Waals surface area contributed by atoms with Crippen molar-refractivity contribution in [1.29, 1.82) is 0 Å². The van der Waals surface area contributed by atoms with Crippen molar-refractivity contribution < 1.29 is 14.1 Å². The Morgan fingerprint density at radius 1 is 1.22 bits per heavy atom. The summed E-state index contributed by atoms with van der Waals surface area (Å²) in [6.45, 7) is 3.08. The number of nitrogens with one attached hydrogen (secondary N) is 1. The van der Waals surface area contributed by atoms with Gasteiger partial charge in [-0.15, -0.1) is 11.3 Å². The van der Waals surface area contributed by atoms with Crippen molar-refractivity contribution in [3.8, 4) is 11.4 Å². The maximum Gasteiger partial charge on any atom is 0.229 e. The number of anilines is 1. The van der Waals surface area contributed by atoms with Crippen LogP contribution in [-0.2, 0) is 16.0 Å². The number of nitrogens with zero attached hydrogens (tertiary/aromatic N) is 4. The molecule has 3 aromatic rings. The van der Waals surface area contributed by atoms with E-state index in [2.05, 4.69) is 20.4 Å². The third kappa shape index (κ3) is 5.72. The van der Waals surface area contributed by atoms with Crippen LogP contribution in [0.5, 0.6) is 0 Å². The van der Waals surface area contributed by atoms with Gasteiger partial charge in [-0.05, 0) is 50.5 Å². The van der Waals surface area contributed by atoms with Crippen LogP contribution in [0.3, 0.4) is 0 Å². The lowest BCUT2D eigenvalue weighted by Crippen LogP contribution is -2.41. The Balaban J connectivity index is 1.18. The van der Waals surface area contributed by atoms with Gasteiger partial charge < -0.3 is 14.7 Å². The number of carbonyl (C=O) groups excluding carboxylic acids is 2. The molecule has 1 N–H and O–H groups in total. The van der Waals surface area contributed by atoms with Crippen molar-refractivity contribution in [2.24, 2.45) is 5.92 Å².